The maximum Gasteiger partial charge on any atom is 0.269 e. The van der Waals surface area contributed by atoms with Crippen molar-refractivity contribution in [2.24, 2.45) is 0 Å². The topological polar surface area (TPSA) is 49.6 Å². The minimum atomic E-state index is -0.354. The van der Waals surface area contributed by atoms with Crippen molar-refractivity contribution >= 4 is 35.1 Å². The zero-order chi connectivity index (χ0) is 14.0. The molecule has 0 radical (unpaired) electrons. The van der Waals surface area contributed by atoms with Crippen molar-refractivity contribution in [3.8, 4) is 0 Å². The standard InChI is InChI=1S/C12H16ClN3O2S/c1-9(2)15-8-10-7-11(16(17)18)3-4-12(10)14(19-15)6-5-13/h3-4,7,9H,5-6,8H2,1-2H3. The van der Waals surface area contributed by atoms with Gasteiger partial charge in [0.25, 0.3) is 5.69 Å². The first kappa shape index (κ1) is 14.4. The van der Waals surface area contributed by atoms with E-state index in [0.29, 0.717) is 25.0 Å². The van der Waals surface area contributed by atoms with Crippen molar-refractivity contribution in [1.29, 1.82) is 0 Å². The molecule has 1 aromatic rings. The lowest BCUT2D eigenvalue weighted by Gasteiger charge is -2.38. The fourth-order valence-corrected chi connectivity index (χ4v) is 3.28. The molecule has 0 spiro atoms. The van der Waals surface area contributed by atoms with E-state index in [1.54, 1.807) is 24.3 Å². The lowest BCUT2D eigenvalue weighted by molar-refractivity contribution is -0.384. The van der Waals surface area contributed by atoms with E-state index >= 15 is 0 Å². The molecule has 1 aliphatic heterocycles. The fourth-order valence-electron chi connectivity index (χ4n) is 1.94. The van der Waals surface area contributed by atoms with Crippen LogP contribution in [0.3, 0.4) is 0 Å². The predicted octanol–water partition coefficient (Wildman–Crippen LogP) is 3.43. The number of halogens is 1. The molecule has 0 aliphatic carbocycles. The molecule has 0 saturated carbocycles. The van der Waals surface area contributed by atoms with Gasteiger partial charge in [0, 0.05) is 49.3 Å². The smallest absolute Gasteiger partial charge is 0.269 e. The van der Waals surface area contributed by atoms with Gasteiger partial charge in [0.15, 0.2) is 0 Å². The van der Waals surface area contributed by atoms with Crippen molar-refractivity contribution < 1.29 is 4.92 Å². The van der Waals surface area contributed by atoms with Crippen LogP contribution >= 0.6 is 23.7 Å². The van der Waals surface area contributed by atoms with Gasteiger partial charge in [0.1, 0.15) is 0 Å². The Balaban J connectivity index is 2.36. The van der Waals surface area contributed by atoms with Crippen molar-refractivity contribution in [2.45, 2.75) is 26.4 Å². The molecule has 0 aromatic heterocycles. The second-order valence-corrected chi connectivity index (χ2v) is 6.06. The zero-order valence-electron chi connectivity index (χ0n) is 10.9. The van der Waals surface area contributed by atoms with Crippen LogP contribution in [0, 0.1) is 10.1 Å². The predicted molar refractivity (Wildman–Crippen MR) is 79.4 cm³/mol. The molecule has 19 heavy (non-hydrogen) atoms. The Labute approximate surface area is 121 Å². The Morgan fingerprint density at radius 3 is 2.84 bits per heavy atom. The summed E-state index contributed by atoms with van der Waals surface area (Å²) in [5, 5.41) is 10.9. The summed E-state index contributed by atoms with van der Waals surface area (Å²) in [6, 6.07) is 5.37. The monoisotopic (exact) mass is 301 g/mol. The number of benzene rings is 1. The molecule has 5 nitrogen and oxygen atoms in total. The summed E-state index contributed by atoms with van der Waals surface area (Å²) < 4.78 is 4.29. The molecule has 1 aliphatic rings. The molecule has 0 bridgehead atoms. The van der Waals surface area contributed by atoms with Gasteiger partial charge in [0.2, 0.25) is 0 Å². The molecule has 0 unspecified atom stereocenters. The Morgan fingerprint density at radius 1 is 1.53 bits per heavy atom. The first-order chi connectivity index (χ1) is 9.02. The van der Waals surface area contributed by atoms with Crippen LogP contribution in [-0.2, 0) is 6.54 Å². The van der Waals surface area contributed by atoms with Gasteiger partial charge >= 0.3 is 0 Å². The van der Waals surface area contributed by atoms with Crippen LogP contribution in [0.1, 0.15) is 19.4 Å². The lowest BCUT2D eigenvalue weighted by atomic mass is 10.1. The summed E-state index contributed by atoms with van der Waals surface area (Å²) in [5.74, 6) is 0.523. The number of alkyl halides is 1. The second kappa shape index (κ2) is 5.98. The highest BCUT2D eigenvalue weighted by atomic mass is 35.5. The van der Waals surface area contributed by atoms with E-state index in [9.17, 15) is 10.1 Å². The minimum absolute atomic E-state index is 0.139. The van der Waals surface area contributed by atoms with Crippen LogP contribution in [0.4, 0.5) is 11.4 Å². The minimum Gasteiger partial charge on any atom is -0.302 e. The Hall–Kier alpha value is -0.980. The summed E-state index contributed by atoms with van der Waals surface area (Å²) in [7, 11) is 0. The lowest BCUT2D eigenvalue weighted by Crippen LogP contribution is -2.35. The SMILES string of the molecule is CC(C)N1Cc2cc([N+](=O)[O-])ccc2N(CCCl)S1. The van der Waals surface area contributed by atoms with Gasteiger partial charge in [-0.1, -0.05) is 0 Å². The van der Waals surface area contributed by atoms with Gasteiger partial charge in [-0.2, -0.15) is 0 Å². The molecule has 2 rings (SSSR count). The number of hydrogen-bond acceptors (Lipinski definition) is 5. The number of nitrogens with zero attached hydrogens (tertiary/aromatic N) is 3. The van der Waals surface area contributed by atoms with Crippen molar-refractivity contribution in [3.05, 3.63) is 33.9 Å². The normalized spacial score (nSPS) is 15.7. The van der Waals surface area contributed by atoms with E-state index in [4.69, 9.17) is 11.6 Å². The molecular weight excluding hydrogens is 286 g/mol. The third-order valence-electron chi connectivity index (χ3n) is 2.94. The molecule has 1 aromatic carbocycles. The van der Waals surface area contributed by atoms with E-state index in [-0.39, 0.29) is 10.6 Å². The van der Waals surface area contributed by atoms with E-state index in [2.05, 4.69) is 22.5 Å². The summed E-state index contributed by atoms with van der Waals surface area (Å²) in [4.78, 5) is 10.5. The number of anilines is 1. The average molecular weight is 302 g/mol. The molecule has 0 atom stereocenters. The maximum absolute atomic E-state index is 10.9. The fraction of sp³-hybridized carbons (Fsp3) is 0.500. The molecule has 0 fully saturated rings. The molecular formula is C12H16ClN3O2S. The van der Waals surface area contributed by atoms with Crippen LogP contribution in [0.5, 0.6) is 0 Å². The molecule has 0 N–H and O–H groups in total. The summed E-state index contributed by atoms with van der Waals surface area (Å²) in [6.07, 6.45) is 0. The zero-order valence-corrected chi connectivity index (χ0v) is 12.4. The highest BCUT2D eigenvalue weighted by Gasteiger charge is 2.26. The third-order valence-corrected chi connectivity index (χ3v) is 4.44. The number of non-ortho nitro benzene ring substituents is 1. The summed E-state index contributed by atoms with van der Waals surface area (Å²) in [6.45, 7) is 5.63. The quantitative estimate of drug-likeness (QED) is 0.369. The molecule has 0 saturated heterocycles. The Morgan fingerprint density at radius 2 is 2.26 bits per heavy atom. The summed E-state index contributed by atoms with van der Waals surface area (Å²) >= 11 is 7.46. The summed E-state index contributed by atoms with van der Waals surface area (Å²) in [5.41, 5.74) is 2.14. The van der Waals surface area contributed by atoms with Gasteiger partial charge in [-0.3, -0.25) is 10.1 Å². The van der Waals surface area contributed by atoms with Gasteiger partial charge < -0.3 is 4.31 Å². The van der Waals surface area contributed by atoms with E-state index in [0.717, 1.165) is 11.3 Å². The largest absolute Gasteiger partial charge is 0.302 e. The first-order valence-corrected chi connectivity index (χ1v) is 7.35. The van der Waals surface area contributed by atoms with Crippen molar-refractivity contribution in [1.82, 2.24) is 4.31 Å². The Kier molecular flexibility index (Phi) is 4.54. The van der Waals surface area contributed by atoms with E-state index in [1.165, 1.54) is 0 Å². The number of nitro groups is 1. The van der Waals surface area contributed by atoms with Crippen molar-refractivity contribution in [3.63, 3.8) is 0 Å². The van der Waals surface area contributed by atoms with Crippen LogP contribution in [0.25, 0.3) is 0 Å². The number of rotatable bonds is 4. The van der Waals surface area contributed by atoms with Crippen LogP contribution in [-0.4, -0.2) is 27.7 Å². The maximum atomic E-state index is 10.9. The Bertz CT molecular complexity index is 484. The van der Waals surface area contributed by atoms with Gasteiger partial charge in [-0.05, 0) is 25.5 Å². The molecule has 104 valence electrons. The molecule has 7 heteroatoms. The molecule has 1 heterocycles. The third kappa shape index (κ3) is 3.13. The van der Waals surface area contributed by atoms with Crippen LogP contribution in [0.15, 0.2) is 18.2 Å². The van der Waals surface area contributed by atoms with Crippen molar-refractivity contribution in [2.75, 3.05) is 16.7 Å². The highest BCUT2D eigenvalue weighted by molar-refractivity contribution is 7.98. The van der Waals surface area contributed by atoms with E-state index in [1.807, 2.05) is 6.07 Å². The van der Waals surface area contributed by atoms with Crippen LogP contribution in [0.2, 0.25) is 0 Å². The number of hydrogen-bond donors (Lipinski definition) is 0. The van der Waals surface area contributed by atoms with E-state index < -0.39 is 0 Å². The number of nitro benzene ring substituents is 1. The highest BCUT2D eigenvalue weighted by Crippen LogP contribution is 2.38. The van der Waals surface area contributed by atoms with Crippen LogP contribution < -0.4 is 4.31 Å². The van der Waals surface area contributed by atoms with Gasteiger partial charge in [-0.15, -0.1) is 11.6 Å². The first-order valence-electron chi connectivity index (χ1n) is 6.08. The number of fused-ring (bicyclic) bond motifs is 1. The molecule has 0 amide bonds. The second-order valence-electron chi connectivity index (χ2n) is 4.61. The average Bonchev–Trinajstić information content (AvgIpc) is 2.38. The van der Waals surface area contributed by atoms with Gasteiger partial charge in [0.05, 0.1) is 10.6 Å². The van der Waals surface area contributed by atoms with Gasteiger partial charge in [-0.25, -0.2) is 4.31 Å².